The number of carbonyl (C=O) groups excluding carboxylic acids is 2. The Morgan fingerprint density at radius 2 is 2.02 bits per heavy atom. The number of hydrogen-bond donors (Lipinski definition) is 2. The number of para-hydroxylation sites is 1. The number of pyridine rings is 2. The number of nitrogens with one attached hydrogen (secondary N) is 2. The van der Waals surface area contributed by atoms with Crippen molar-refractivity contribution < 1.29 is 14.3 Å². The number of halogens is 1. The van der Waals surface area contributed by atoms with Crippen molar-refractivity contribution in [3.8, 4) is 22.7 Å². The van der Waals surface area contributed by atoms with E-state index in [9.17, 15) is 9.59 Å². The Morgan fingerprint density at radius 3 is 2.74 bits per heavy atom. The maximum absolute atomic E-state index is 13.0. The fourth-order valence-electron chi connectivity index (χ4n) is 5.37. The predicted octanol–water partition coefficient (Wildman–Crippen LogP) is 5.98. The summed E-state index contributed by atoms with van der Waals surface area (Å²) in [5, 5.41) is 7.01. The maximum Gasteiger partial charge on any atom is 0.267 e. The minimum absolute atomic E-state index is 0.0298. The highest BCUT2D eigenvalue weighted by Crippen LogP contribution is 2.34. The van der Waals surface area contributed by atoms with E-state index >= 15 is 0 Å². The number of methoxy groups -OCH3 is 1. The number of aryl methyl sites for hydroxylation is 1. The van der Waals surface area contributed by atoms with Gasteiger partial charge in [-0.15, -0.1) is 0 Å². The zero-order valence-corrected chi connectivity index (χ0v) is 27.5. The number of benzene rings is 1. The number of aromatic nitrogens is 5. The molecule has 1 aliphatic heterocycles. The largest absolute Gasteiger partial charge is 0.493 e. The molecule has 2 N–H and O–H groups in total. The summed E-state index contributed by atoms with van der Waals surface area (Å²) < 4.78 is 7.50. The molecule has 6 rings (SSSR count). The first kappa shape index (κ1) is 31.7. The van der Waals surface area contributed by atoms with Crippen LogP contribution in [0.4, 0.5) is 22.5 Å². The van der Waals surface area contributed by atoms with Crippen molar-refractivity contribution in [1.29, 1.82) is 0 Å². The molecule has 240 valence electrons. The summed E-state index contributed by atoms with van der Waals surface area (Å²) in [7, 11) is 1.56. The van der Waals surface area contributed by atoms with Crippen LogP contribution in [0.1, 0.15) is 22.2 Å². The summed E-state index contributed by atoms with van der Waals surface area (Å²) in [5.74, 6) is 1.31. The monoisotopic (exact) mass is 669 g/mol. The Labute approximate surface area is 280 Å². The van der Waals surface area contributed by atoms with E-state index in [0.29, 0.717) is 57.6 Å². The first-order valence-electron chi connectivity index (χ1n) is 14.8. The summed E-state index contributed by atoms with van der Waals surface area (Å²) >= 11 is 7.48. The minimum atomic E-state index is -0.318. The van der Waals surface area contributed by atoms with Crippen LogP contribution in [-0.2, 0) is 4.79 Å². The Morgan fingerprint density at radius 1 is 1.17 bits per heavy atom. The number of thiazole rings is 1. The number of anilines is 4. The number of piperazine rings is 1. The molecule has 1 aromatic carbocycles. The van der Waals surface area contributed by atoms with Gasteiger partial charge in [0.15, 0.2) is 22.5 Å². The van der Waals surface area contributed by atoms with Crippen LogP contribution in [0, 0.1) is 6.92 Å². The third-order valence-electron chi connectivity index (χ3n) is 7.80. The molecule has 2 amide bonds. The average molecular weight is 670 g/mol. The highest BCUT2D eigenvalue weighted by atomic mass is 35.5. The first-order chi connectivity index (χ1) is 22.7. The van der Waals surface area contributed by atoms with Crippen LogP contribution in [-0.4, -0.2) is 74.0 Å². The quantitative estimate of drug-likeness (QED) is 0.182. The van der Waals surface area contributed by atoms with E-state index in [0.717, 1.165) is 22.6 Å². The molecule has 1 fully saturated rings. The van der Waals surface area contributed by atoms with Crippen LogP contribution in [0.15, 0.2) is 80.2 Å². The highest BCUT2D eigenvalue weighted by molar-refractivity contribution is 7.17. The molecule has 0 radical (unpaired) electrons. The van der Waals surface area contributed by atoms with Gasteiger partial charge in [0.1, 0.15) is 4.88 Å². The second-order valence-corrected chi connectivity index (χ2v) is 12.3. The lowest BCUT2D eigenvalue weighted by Gasteiger charge is -2.40. The molecule has 1 atom stereocenters. The smallest absolute Gasteiger partial charge is 0.267 e. The molecule has 5 aromatic rings. The van der Waals surface area contributed by atoms with Crippen LogP contribution in [0.5, 0.6) is 5.75 Å². The van der Waals surface area contributed by atoms with E-state index in [1.54, 1.807) is 36.8 Å². The molecular formula is C33H32ClN9O3S. The van der Waals surface area contributed by atoms with Gasteiger partial charge in [-0.3, -0.25) is 9.59 Å². The lowest BCUT2D eigenvalue weighted by Crippen LogP contribution is -2.53. The maximum atomic E-state index is 13.0. The second kappa shape index (κ2) is 13.6. The number of amides is 2. The van der Waals surface area contributed by atoms with Crippen molar-refractivity contribution in [1.82, 2.24) is 29.4 Å². The molecule has 0 spiro atoms. The van der Waals surface area contributed by atoms with Crippen molar-refractivity contribution in [2.45, 2.75) is 19.9 Å². The van der Waals surface area contributed by atoms with Gasteiger partial charge in [-0.05, 0) is 49.8 Å². The first-order valence-corrected chi connectivity index (χ1v) is 16.0. The molecule has 14 heteroatoms. The number of carbonyl (C=O) groups is 2. The van der Waals surface area contributed by atoms with Crippen molar-refractivity contribution in [2.24, 2.45) is 0 Å². The molecule has 0 saturated carbocycles. The van der Waals surface area contributed by atoms with Gasteiger partial charge in [0.05, 0.1) is 41.7 Å². The van der Waals surface area contributed by atoms with Crippen LogP contribution in [0.3, 0.4) is 0 Å². The zero-order chi connectivity index (χ0) is 33.1. The van der Waals surface area contributed by atoms with Gasteiger partial charge in [0, 0.05) is 49.8 Å². The van der Waals surface area contributed by atoms with Crippen LogP contribution >= 0.6 is 22.9 Å². The predicted molar refractivity (Wildman–Crippen MR) is 184 cm³/mol. The Bertz CT molecular complexity index is 1930. The summed E-state index contributed by atoms with van der Waals surface area (Å²) in [5.41, 5.74) is 3.66. The SMILES string of the molecule is C=CC(=O)N1CCN(c2ncc(-c3ccc(OC)c(Nc4ncc(C(=O)Nc5c(C)cccc5Cl)s4)n3)cc2-n2ccnc2)[C@@H](C)C1. The van der Waals surface area contributed by atoms with Crippen LogP contribution < -0.4 is 20.3 Å². The van der Waals surface area contributed by atoms with E-state index in [4.69, 9.17) is 26.3 Å². The normalized spacial score (nSPS) is 14.5. The summed E-state index contributed by atoms with van der Waals surface area (Å²) in [6.07, 6.45) is 9.94. The van der Waals surface area contributed by atoms with Gasteiger partial charge in [-0.25, -0.2) is 19.9 Å². The third-order valence-corrected chi connectivity index (χ3v) is 9.03. The summed E-state index contributed by atoms with van der Waals surface area (Å²) in [4.78, 5) is 48.0. The van der Waals surface area contributed by atoms with Gasteiger partial charge in [-0.2, -0.15) is 0 Å². The van der Waals surface area contributed by atoms with Gasteiger partial charge in [-0.1, -0.05) is 41.6 Å². The van der Waals surface area contributed by atoms with Gasteiger partial charge < -0.3 is 29.7 Å². The minimum Gasteiger partial charge on any atom is -0.493 e. The Kier molecular flexibility index (Phi) is 9.18. The van der Waals surface area contributed by atoms with Crippen molar-refractivity contribution in [2.75, 3.05) is 42.3 Å². The highest BCUT2D eigenvalue weighted by Gasteiger charge is 2.29. The lowest BCUT2D eigenvalue weighted by molar-refractivity contribution is -0.126. The Balaban J connectivity index is 1.27. The van der Waals surface area contributed by atoms with Crippen molar-refractivity contribution >= 4 is 57.2 Å². The van der Waals surface area contributed by atoms with E-state index < -0.39 is 0 Å². The fraction of sp³-hybridized carbons (Fsp3) is 0.212. The number of imidazole rings is 1. The summed E-state index contributed by atoms with van der Waals surface area (Å²) in [6, 6.07) is 11.1. The summed E-state index contributed by atoms with van der Waals surface area (Å²) in [6.45, 7) is 9.32. The van der Waals surface area contributed by atoms with E-state index in [-0.39, 0.29) is 17.9 Å². The van der Waals surface area contributed by atoms with E-state index in [1.807, 2.05) is 48.0 Å². The molecule has 1 saturated heterocycles. The molecule has 0 aliphatic carbocycles. The average Bonchev–Trinajstić information content (AvgIpc) is 3.79. The molecule has 5 heterocycles. The molecular weight excluding hydrogens is 638 g/mol. The van der Waals surface area contributed by atoms with Gasteiger partial charge in [0.2, 0.25) is 5.91 Å². The van der Waals surface area contributed by atoms with E-state index in [1.165, 1.54) is 23.6 Å². The topological polar surface area (TPSA) is 130 Å². The van der Waals surface area contributed by atoms with Gasteiger partial charge in [0.25, 0.3) is 5.91 Å². The Hall–Kier alpha value is -5.27. The van der Waals surface area contributed by atoms with Crippen LogP contribution in [0.25, 0.3) is 16.9 Å². The number of hydrogen-bond acceptors (Lipinski definition) is 10. The molecule has 12 nitrogen and oxygen atoms in total. The van der Waals surface area contributed by atoms with Crippen molar-refractivity contribution in [3.63, 3.8) is 0 Å². The van der Waals surface area contributed by atoms with Crippen molar-refractivity contribution in [3.05, 3.63) is 95.6 Å². The standard InChI is InChI=1S/C33H32ClN9O3S/c1-5-28(44)41-13-14-43(21(3)18-41)31-25(42-12-11-35-19-42)15-22(16-36-31)24-9-10-26(46-4)30(38-24)40-33-37-17-27(47-33)32(45)39-29-20(2)7-6-8-23(29)34/h5-12,15-17,19,21H,1,13-14,18H2,2-4H3,(H,39,45)(H,37,38,40)/t21-/m0/s1. The zero-order valence-electron chi connectivity index (χ0n) is 26.0. The van der Waals surface area contributed by atoms with Gasteiger partial charge >= 0.3 is 0 Å². The van der Waals surface area contributed by atoms with E-state index in [2.05, 4.69) is 39.0 Å². The molecule has 0 bridgehead atoms. The second-order valence-electron chi connectivity index (χ2n) is 10.9. The van der Waals surface area contributed by atoms with Crippen LogP contribution in [0.2, 0.25) is 5.02 Å². The molecule has 0 unspecified atom stereocenters. The third kappa shape index (κ3) is 6.67. The lowest BCUT2D eigenvalue weighted by atomic mass is 10.1. The molecule has 47 heavy (non-hydrogen) atoms. The number of ether oxygens (including phenoxy) is 1. The molecule has 4 aromatic heterocycles. The number of rotatable bonds is 9. The number of nitrogens with zero attached hydrogens (tertiary/aromatic N) is 7. The fourth-order valence-corrected chi connectivity index (χ4v) is 6.35. The molecule has 1 aliphatic rings.